The fraction of sp³-hybridized carbons (Fsp3) is 0.455. The zero-order valence-corrected chi connectivity index (χ0v) is 11.6. The van der Waals surface area contributed by atoms with E-state index in [2.05, 4.69) is 5.32 Å². The zero-order valence-electron chi connectivity index (χ0n) is 9.99. The Labute approximate surface area is 110 Å². The van der Waals surface area contributed by atoms with Gasteiger partial charge in [-0.05, 0) is 26.1 Å². The Morgan fingerprint density at radius 1 is 1.53 bits per heavy atom. The maximum atomic E-state index is 12.0. The van der Waals surface area contributed by atoms with Crippen molar-refractivity contribution in [2.75, 3.05) is 20.6 Å². The highest BCUT2D eigenvalue weighted by molar-refractivity contribution is 7.18. The van der Waals surface area contributed by atoms with Gasteiger partial charge in [0.2, 0.25) is 5.91 Å². The van der Waals surface area contributed by atoms with E-state index in [4.69, 9.17) is 11.6 Å². The van der Waals surface area contributed by atoms with Crippen molar-refractivity contribution in [2.24, 2.45) is 0 Å². The summed E-state index contributed by atoms with van der Waals surface area (Å²) in [5.41, 5.74) is 0. The Bertz CT molecular complexity index is 419. The molecule has 6 heteroatoms. The van der Waals surface area contributed by atoms with Gasteiger partial charge in [-0.25, -0.2) is 0 Å². The highest BCUT2D eigenvalue weighted by Gasteiger charge is 2.22. The van der Waals surface area contributed by atoms with E-state index in [1.807, 2.05) is 0 Å². The summed E-state index contributed by atoms with van der Waals surface area (Å²) in [5.74, 6) is -0.135. The molecule has 1 rings (SSSR count). The first kappa shape index (κ1) is 14.2. The van der Waals surface area contributed by atoms with Crippen LogP contribution in [0.1, 0.15) is 16.6 Å². The van der Waals surface area contributed by atoms with Crippen LogP contribution in [-0.4, -0.2) is 43.3 Å². The number of ketones is 1. The van der Waals surface area contributed by atoms with E-state index in [9.17, 15) is 9.59 Å². The molecule has 1 aromatic heterocycles. The van der Waals surface area contributed by atoms with Crippen molar-refractivity contribution < 1.29 is 9.59 Å². The second-order valence-corrected chi connectivity index (χ2v) is 5.45. The third-order valence-corrected chi connectivity index (χ3v) is 3.77. The van der Waals surface area contributed by atoms with Gasteiger partial charge in [-0.3, -0.25) is 14.5 Å². The Morgan fingerprint density at radius 3 is 2.65 bits per heavy atom. The molecule has 1 aromatic rings. The van der Waals surface area contributed by atoms with Crippen molar-refractivity contribution in [3.63, 3.8) is 0 Å². The average Bonchev–Trinajstić information content (AvgIpc) is 2.73. The summed E-state index contributed by atoms with van der Waals surface area (Å²) >= 11 is 7.04. The zero-order chi connectivity index (χ0) is 13.0. The van der Waals surface area contributed by atoms with Gasteiger partial charge in [0.1, 0.15) is 0 Å². The first-order valence-electron chi connectivity index (χ1n) is 5.16. The fourth-order valence-corrected chi connectivity index (χ4v) is 2.36. The van der Waals surface area contributed by atoms with Crippen molar-refractivity contribution >= 4 is 34.6 Å². The summed E-state index contributed by atoms with van der Waals surface area (Å²) in [5, 5.41) is 2.52. The molecule has 1 amide bonds. The lowest BCUT2D eigenvalue weighted by molar-refractivity contribution is -0.121. The molecule has 1 atom stereocenters. The molecule has 1 N–H and O–H groups in total. The van der Waals surface area contributed by atoms with Crippen LogP contribution in [0.5, 0.6) is 0 Å². The number of hydrogen-bond acceptors (Lipinski definition) is 4. The Balaban J connectivity index is 2.66. The molecule has 94 valence electrons. The van der Waals surface area contributed by atoms with Gasteiger partial charge in [0.05, 0.1) is 21.8 Å². The second kappa shape index (κ2) is 6.14. The minimum absolute atomic E-state index is 0.0201. The van der Waals surface area contributed by atoms with Crippen molar-refractivity contribution in [1.82, 2.24) is 10.2 Å². The van der Waals surface area contributed by atoms with Crippen molar-refractivity contribution in [2.45, 2.75) is 13.0 Å². The summed E-state index contributed by atoms with van der Waals surface area (Å²) in [4.78, 5) is 25.6. The van der Waals surface area contributed by atoms with Gasteiger partial charge in [0.15, 0.2) is 5.78 Å². The van der Waals surface area contributed by atoms with E-state index in [0.717, 1.165) is 0 Å². The maximum Gasteiger partial charge on any atom is 0.233 e. The quantitative estimate of drug-likeness (QED) is 0.831. The van der Waals surface area contributed by atoms with Crippen LogP contribution in [0, 0.1) is 0 Å². The summed E-state index contributed by atoms with van der Waals surface area (Å²) in [7, 11) is 3.31. The topological polar surface area (TPSA) is 49.4 Å². The molecule has 0 aliphatic rings. The van der Waals surface area contributed by atoms with Crippen LogP contribution in [0.15, 0.2) is 12.1 Å². The van der Waals surface area contributed by atoms with E-state index in [1.54, 1.807) is 38.1 Å². The summed E-state index contributed by atoms with van der Waals surface area (Å²) in [6, 6.07) is 3.06. The predicted octanol–water partition coefficient (Wildman–Crippen LogP) is 1.65. The van der Waals surface area contributed by atoms with E-state index in [1.165, 1.54) is 11.3 Å². The average molecular weight is 275 g/mol. The van der Waals surface area contributed by atoms with Crippen molar-refractivity contribution in [3.05, 3.63) is 21.3 Å². The number of rotatable bonds is 5. The third-order valence-electron chi connectivity index (χ3n) is 2.53. The standard InChI is InChI=1S/C11H15ClN2O2S/c1-7(14(3)6-10(15)13-2)11(16)8-4-5-9(12)17-8/h4-5,7H,6H2,1-3H3,(H,13,15). The third kappa shape index (κ3) is 3.80. The van der Waals surface area contributed by atoms with Gasteiger partial charge < -0.3 is 5.32 Å². The number of Topliss-reactive ketones (excluding diaryl/α,β-unsaturated/α-hetero) is 1. The first-order chi connectivity index (χ1) is 7.95. The van der Waals surface area contributed by atoms with Crippen LogP contribution >= 0.6 is 22.9 Å². The molecule has 17 heavy (non-hydrogen) atoms. The number of amides is 1. The number of carbonyl (C=O) groups excluding carboxylic acids is 2. The van der Waals surface area contributed by atoms with Gasteiger partial charge in [-0.1, -0.05) is 11.6 Å². The molecule has 0 saturated carbocycles. The second-order valence-electron chi connectivity index (χ2n) is 3.73. The molecule has 0 aromatic carbocycles. The largest absolute Gasteiger partial charge is 0.358 e. The lowest BCUT2D eigenvalue weighted by atomic mass is 10.1. The lowest BCUT2D eigenvalue weighted by Crippen LogP contribution is -2.41. The van der Waals surface area contributed by atoms with Crippen LogP contribution in [0.25, 0.3) is 0 Å². The fourth-order valence-electron chi connectivity index (χ4n) is 1.30. The molecule has 0 bridgehead atoms. The maximum absolute atomic E-state index is 12.0. The smallest absolute Gasteiger partial charge is 0.233 e. The Morgan fingerprint density at radius 2 is 2.18 bits per heavy atom. The molecule has 0 aliphatic carbocycles. The SMILES string of the molecule is CNC(=O)CN(C)C(C)C(=O)c1ccc(Cl)s1. The molecule has 0 spiro atoms. The number of likely N-dealkylation sites (N-methyl/N-ethyl adjacent to an activating group) is 2. The van der Waals surface area contributed by atoms with Gasteiger partial charge in [-0.2, -0.15) is 0 Å². The molecule has 0 saturated heterocycles. The number of thiophene rings is 1. The van der Waals surface area contributed by atoms with E-state index in [0.29, 0.717) is 9.21 Å². The first-order valence-corrected chi connectivity index (χ1v) is 6.35. The Hall–Kier alpha value is -0.910. The summed E-state index contributed by atoms with van der Waals surface area (Å²) in [6.07, 6.45) is 0. The highest BCUT2D eigenvalue weighted by atomic mass is 35.5. The minimum atomic E-state index is -0.345. The predicted molar refractivity (Wildman–Crippen MR) is 69.8 cm³/mol. The molecule has 1 heterocycles. The molecule has 0 aliphatic heterocycles. The molecule has 4 nitrogen and oxygen atoms in total. The number of hydrogen-bond donors (Lipinski definition) is 1. The number of nitrogens with one attached hydrogen (secondary N) is 1. The lowest BCUT2D eigenvalue weighted by Gasteiger charge is -2.21. The van der Waals surface area contributed by atoms with Crippen LogP contribution in [0.4, 0.5) is 0 Å². The molecular weight excluding hydrogens is 260 g/mol. The van der Waals surface area contributed by atoms with Crippen LogP contribution in [0.2, 0.25) is 4.34 Å². The van der Waals surface area contributed by atoms with Crippen LogP contribution in [0.3, 0.4) is 0 Å². The van der Waals surface area contributed by atoms with Crippen LogP contribution in [-0.2, 0) is 4.79 Å². The van der Waals surface area contributed by atoms with Gasteiger partial charge in [0, 0.05) is 7.05 Å². The molecule has 0 fully saturated rings. The Kier molecular flexibility index (Phi) is 5.11. The van der Waals surface area contributed by atoms with Gasteiger partial charge in [-0.15, -0.1) is 11.3 Å². The van der Waals surface area contributed by atoms with Crippen molar-refractivity contribution in [1.29, 1.82) is 0 Å². The molecular formula is C11H15ClN2O2S. The number of halogens is 1. The van der Waals surface area contributed by atoms with Gasteiger partial charge >= 0.3 is 0 Å². The van der Waals surface area contributed by atoms with E-state index >= 15 is 0 Å². The number of carbonyl (C=O) groups is 2. The molecule has 0 radical (unpaired) electrons. The molecule has 1 unspecified atom stereocenters. The number of nitrogens with zero attached hydrogens (tertiary/aromatic N) is 1. The van der Waals surface area contributed by atoms with E-state index in [-0.39, 0.29) is 24.3 Å². The van der Waals surface area contributed by atoms with E-state index < -0.39 is 0 Å². The minimum Gasteiger partial charge on any atom is -0.358 e. The highest BCUT2D eigenvalue weighted by Crippen LogP contribution is 2.23. The summed E-state index contributed by atoms with van der Waals surface area (Å²) < 4.78 is 0.592. The van der Waals surface area contributed by atoms with Crippen LogP contribution < -0.4 is 5.32 Å². The summed E-state index contributed by atoms with van der Waals surface area (Å²) in [6.45, 7) is 1.97. The normalized spacial score (nSPS) is 12.5. The van der Waals surface area contributed by atoms with Crippen molar-refractivity contribution in [3.8, 4) is 0 Å². The van der Waals surface area contributed by atoms with Gasteiger partial charge in [0.25, 0.3) is 0 Å². The monoisotopic (exact) mass is 274 g/mol.